The van der Waals surface area contributed by atoms with Crippen molar-refractivity contribution in [1.82, 2.24) is 19.8 Å². The Bertz CT molecular complexity index is 971. The molecule has 1 N–H and O–H groups in total. The maximum atomic E-state index is 12.4. The molecule has 0 bridgehead atoms. The lowest BCUT2D eigenvalue weighted by Gasteiger charge is -2.34. The van der Waals surface area contributed by atoms with Gasteiger partial charge in [-0.05, 0) is 31.4 Å². The quantitative estimate of drug-likeness (QED) is 0.737. The number of H-pyrrole nitrogens is 1. The summed E-state index contributed by atoms with van der Waals surface area (Å²) < 4.78 is 0. The number of hydrogen-bond acceptors (Lipinski definition) is 5. The average molecular weight is 383 g/mol. The number of aryl methyl sites for hydroxylation is 2. The van der Waals surface area contributed by atoms with Gasteiger partial charge < -0.3 is 9.88 Å². The first-order chi connectivity index (χ1) is 13.1. The van der Waals surface area contributed by atoms with Crippen molar-refractivity contribution in [2.45, 2.75) is 26.8 Å². The Balaban J connectivity index is 1.34. The van der Waals surface area contributed by atoms with E-state index in [0.29, 0.717) is 6.54 Å². The predicted molar refractivity (Wildman–Crippen MR) is 112 cm³/mol. The van der Waals surface area contributed by atoms with Crippen LogP contribution in [-0.2, 0) is 13.0 Å². The van der Waals surface area contributed by atoms with Gasteiger partial charge in [-0.3, -0.25) is 9.69 Å². The Labute approximate surface area is 163 Å². The smallest absolute Gasteiger partial charge is 0.259 e. The minimum atomic E-state index is -0.00153. The molecular formula is C21H26N4OS. The van der Waals surface area contributed by atoms with E-state index in [9.17, 15) is 4.79 Å². The molecule has 0 aliphatic carbocycles. The van der Waals surface area contributed by atoms with E-state index in [1.807, 2.05) is 6.92 Å². The zero-order chi connectivity index (χ0) is 18.8. The fourth-order valence-electron chi connectivity index (χ4n) is 3.69. The Kier molecular flexibility index (Phi) is 5.38. The summed E-state index contributed by atoms with van der Waals surface area (Å²) in [6.45, 7) is 10.0. The number of fused-ring (bicyclic) bond motifs is 1. The number of thiophene rings is 1. The molecule has 0 spiro atoms. The van der Waals surface area contributed by atoms with Gasteiger partial charge in [0.1, 0.15) is 10.7 Å². The number of benzene rings is 1. The van der Waals surface area contributed by atoms with Gasteiger partial charge in [-0.2, -0.15) is 0 Å². The number of aromatic amines is 1. The molecule has 1 aliphatic rings. The molecule has 142 valence electrons. The lowest BCUT2D eigenvalue weighted by Crippen LogP contribution is -2.46. The summed E-state index contributed by atoms with van der Waals surface area (Å²) in [7, 11) is 0. The fraction of sp³-hybridized carbons (Fsp3) is 0.429. The fourth-order valence-corrected chi connectivity index (χ4v) is 4.74. The molecule has 5 nitrogen and oxygen atoms in total. The van der Waals surface area contributed by atoms with Crippen LogP contribution in [-0.4, -0.2) is 52.5 Å². The van der Waals surface area contributed by atoms with Gasteiger partial charge in [0.2, 0.25) is 0 Å². The van der Waals surface area contributed by atoms with Crippen molar-refractivity contribution < 1.29 is 0 Å². The van der Waals surface area contributed by atoms with Crippen LogP contribution in [0.5, 0.6) is 0 Å². The zero-order valence-corrected chi connectivity index (χ0v) is 16.8. The van der Waals surface area contributed by atoms with Gasteiger partial charge in [-0.25, -0.2) is 4.98 Å². The minimum Gasteiger partial charge on any atom is -0.309 e. The third kappa shape index (κ3) is 4.13. The summed E-state index contributed by atoms with van der Waals surface area (Å²) >= 11 is 1.62. The number of nitrogens with one attached hydrogen (secondary N) is 1. The Morgan fingerprint density at radius 1 is 1.07 bits per heavy atom. The highest BCUT2D eigenvalue weighted by molar-refractivity contribution is 7.18. The highest BCUT2D eigenvalue weighted by atomic mass is 32.1. The van der Waals surface area contributed by atoms with E-state index in [1.165, 1.54) is 10.4 Å². The van der Waals surface area contributed by atoms with Crippen LogP contribution in [0.2, 0.25) is 0 Å². The third-order valence-electron chi connectivity index (χ3n) is 5.49. The first-order valence-corrected chi connectivity index (χ1v) is 10.4. The van der Waals surface area contributed by atoms with Crippen molar-refractivity contribution in [2.75, 3.05) is 32.7 Å². The molecule has 2 aromatic heterocycles. The van der Waals surface area contributed by atoms with Gasteiger partial charge >= 0.3 is 0 Å². The number of rotatable bonds is 5. The second kappa shape index (κ2) is 7.92. The normalized spacial score (nSPS) is 16.2. The lowest BCUT2D eigenvalue weighted by molar-refractivity contribution is 0.126. The molecule has 1 fully saturated rings. The number of aromatic nitrogens is 2. The van der Waals surface area contributed by atoms with Crippen molar-refractivity contribution in [1.29, 1.82) is 0 Å². The number of hydrogen-bond donors (Lipinski definition) is 1. The molecule has 4 rings (SSSR count). The van der Waals surface area contributed by atoms with Crippen LogP contribution in [0.4, 0.5) is 0 Å². The molecule has 0 amide bonds. The van der Waals surface area contributed by atoms with Crippen LogP contribution in [0, 0.1) is 13.8 Å². The molecule has 6 heteroatoms. The van der Waals surface area contributed by atoms with Crippen molar-refractivity contribution in [3.8, 4) is 0 Å². The van der Waals surface area contributed by atoms with E-state index >= 15 is 0 Å². The van der Waals surface area contributed by atoms with Crippen LogP contribution in [0.15, 0.2) is 35.1 Å². The third-order valence-corrected chi connectivity index (χ3v) is 6.59. The lowest BCUT2D eigenvalue weighted by atomic mass is 10.1. The zero-order valence-electron chi connectivity index (χ0n) is 16.0. The monoisotopic (exact) mass is 382 g/mol. The second-order valence-corrected chi connectivity index (χ2v) is 8.53. The molecule has 0 atom stereocenters. The number of nitrogens with zero attached hydrogens (tertiary/aromatic N) is 3. The van der Waals surface area contributed by atoms with Gasteiger partial charge in [0.15, 0.2) is 0 Å². The molecule has 0 unspecified atom stereocenters. The topological polar surface area (TPSA) is 52.2 Å². The van der Waals surface area contributed by atoms with Crippen molar-refractivity contribution in [2.24, 2.45) is 0 Å². The summed E-state index contributed by atoms with van der Waals surface area (Å²) in [5, 5.41) is 0.756. The highest BCUT2D eigenvalue weighted by Crippen LogP contribution is 2.25. The van der Waals surface area contributed by atoms with Crippen molar-refractivity contribution >= 4 is 21.6 Å². The average Bonchev–Trinajstić information content (AvgIpc) is 2.96. The molecule has 1 saturated heterocycles. The van der Waals surface area contributed by atoms with E-state index in [-0.39, 0.29) is 5.56 Å². The molecule has 3 heterocycles. The van der Waals surface area contributed by atoms with E-state index in [0.717, 1.165) is 60.7 Å². The van der Waals surface area contributed by atoms with Gasteiger partial charge in [0, 0.05) is 37.6 Å². The summed E-state index contributed by atoms with van der Waals surface area (Å²) in [5.41, 5.74) is 2.46. The van der Waals surface area contributed by atoms with E-state index in [4.69, 9.17) is 4.98 Å². The SMILES string of the molecule is Cc1sc2nc(CN3CCN(CCc4ccccc4)CC3)[nH]c(=O)c2c1C. The molecule has 0 saturated carbocycles. The van der Waals surface area contributed by atoms with Crippen LogP contribution in [0.25, 0.3) is 10.2 Å². The van der Waals surface area contributed by atoms with E-state index < -0.39 is 0 Å². The molecule has 27 heavy (non-hydrogen) atoms. The Hall–Kier alpha value is -2.02. The summed E-state index contributed by atoms with van der Waals surface area (Å²) in [4.78, 5) is 27.1. The Morgan fingerprint density at radius 3 is 2.52 bits per heavy atom. The molecule has 1 aliphatic heterocycles. The molecule has 0 radical (unpaired) electrons. The first kappa shape index (κ1) is 18.3. The molecular weight excluding hydrogens is 356 g/mol. The summed E-state index contributed by atoms with van der Waals surface area (Å²) in [6, 6.07) is 10.7. The van der Waals surface area contributed by atoms with Crippen molar-refractivity contribution in [3.05, 3.63) is 62.5 Å². The summed E-state index contributed by atoms with van der Waals surface area (Å²) in [5.74, 6) is 0.784. The van der Waals surface area contributed by atoms with Crippen LogP contribution >= 0.6 is 11.3 Å². The Morgan fingerprint density at radius 2 is 1.78 bits per heavy atom. The molecule has 1 aromatic carbocycles. The second-order valence-electron chi connectivity index (χ2n) is 7.33. The predicted octanol–water partition coefficient (Wildman–Crippen LogP) is 2.96. The van der Waals surface area contributed by atoms with Crippen LogP contribution in [0.3, 0.4) is 0 Å². The van der Waals surface area contributed by atoms with E-state index in [2.05, 4.69) is 52.0 Å². The van der Waals surface area contributed by atoms with Gasteiger partial charge in [-0.1, -0.05) is 30.3 Å². The standard InChI is InChI=1S/C21H26N4OS/c1-15-16(2)27-21-19(15)20(26)22-18(23-21)14-25-12-10-24(11-13-25)9-8-17-6-4-3-5-7-17/h3-7H,8-14H2,1-2H3,(H,22,23,26). The van der Waals surface area contributed by atoms with Gasteiger partial charge in [0.05, 0.1) is 11.9 Å². The van der Waals surface area contributed by atoms with Crippen molar-refractivity contribution in [3.63, 3.8) is 0 Å². The van der Waals surface area contributed by atoms with Gasteiger partial charge in [-0.15, -0.1) is 11.3 Å². The highest BCUT2D eigenvalue weighted by Gasteiger charge is 2.19. The number of piperazine rings is 1. The first-order valence-electron chi connectivity index (χ1n) is 9.57. The largest absolute Gasteiger partial charge is 0.309 e. The van der Waals surface area contributed by atoms with E-state index in [1.54, 1.807) is 11.3 Å². The van der Waals surface area contributed by atoms with Gasteiger partial charge in [0.25, 0.3) is 5.56 Å². The van der Waals surface area contributed by atoms with Crippen LogP contribution < -0.4 is 5.56 Å². The maximum absolute atomic E-state index is 12.4. The minimum absolute atomic E-state index is 0.00153. The maximum Gasteiger partial charge on any atom is 0.259 e. The molecule has 3 aromatic rings. The summed E-state index contributed by atoms with van der Waals surface area (Å²) in [6.07, 6.45) is 1.10. The van der Waals surface area contributed by atoms with Crippen LogP contribution in [0.1, 0.15) is 21.8 Å².